The van der Waals surface area contributed by atoms with Gasteiger partial charge in [-0.15, -0.1) is 0 Å². The summed E-state index contributed by atoms with van der Waals surface area (Å²) >= 11 is 2.12. The summed E-state index contributed by atoms with van der Waals surface area (Å²) in [5, 5.41) is 9.96. The van der Waals surface area contributed by atoms with E-state index >= 15 is 0 Å². The van der Waals surface area contributed by atoms with Gasteiger partial charge in [-0.2, -0.15) is 0 Å². The van der Waals surface area contributed by atoms with E-state index in [9.17, 15) is 13.2 Å². The first kappa shape index (κ1) is 17.0. The number of aliphatic hydroxyl groups excluding tert-OH is 1. The smallest absolute Gasteiger partial charge is 0.196 e. The largest absolute Gasteiger partial charge is 0.394 e. The van der Waals surface area contributed by atoms with Crippen molar-refractivity contribution in [2.24, 2.45) is 0 Å². The predicted molar refractivity (Wildman–Crippen MR) is 85.4 cm³/mol. The fourth-order valence-electron chi connectivity index (χ4n) is 1.92. The Morgan fingerprint density at radius 2 is 1.77 bits per heavy atom. The number of aryl methyl sites for hydroxylation is 1. The molecule has 0 aliphatic carbocycles. The maximum atomic E-state index is 14.0. The second kappa shape index (κ2) is 7.30. The van der Waals surface area contributed by atoms with E-state index in [1.165, 1.54) is 0 Å². The lowest BCUT2D eigenvalue weighted by molar-refractivity contribution is 0.0914. The predicted octanol–water partition coefficient (Wildman–Crippen LogP) is 4.08. The molecule has 0 saturated heterocycles. The first-order valence-electron chi connectivity index (χ1n) is 6.39. The van der Waals surface area contributed by atoms with E-state index < -0.39 is 17.5 Å². The Bertz CT molecular complexity index is 682. The van der Waals surface area contributed by atoms with Gasteiger partial charge in [-0.05, 0) is 65.4 Å². The topological polar surface area (TPSA) is 32.7 Å². The zero-order valence-electron chi connectivity index (χ0n) is 11.6. The first-order chi connectivity index (χ1) is 10.5. The van der Waals surface area contributed by atoms with E-state index in [4.69, 9.17) is 9.94 Å². The maximum Gasteiger partial charge on any atom is 0.196 e. The van der Waals surface area contributed by atoms with Crippen LogP contribution in [0.25, 0.3) is 0 Å². The average Bonchev–Trinajstić information content (AvgIpc) is 2.48. The molecule has 118 valence electrons. The van der Waals surface area contributed by atoms with Crippen LogP contribution in [0.4, 0.5) is 24.5 Å². The third kappa shape index (κ3) is 3.53. The van der Waals surface area contributed by atoms with E-state index in [0.717, 1.165) is 26.3 Å². The molecule has 0 aliphatic rings. The summed E-state index contributed by atoms with van der Waals surface area (Å²) in [6.07, 6.45) is 0. The van der Waals surface area contributed by atoms with E-state index in [1.54, 1.807) is 19.1 Å². The number of nitrogens with zero attached hydrogens (tertiary/aromatic N) is 1. The molecule has 1 N–H and O–H groups in total. The minimum atomic E-state index is -1.57. The SMILES string of the molecule is Cc1cc(I)ccc1N(OCCO)c1ccc(F)c(F)c1F. The minimum Gasteiger partial charge on any atom is -0.394 e. The number of halogens is 4. The third-order valence-corrected chi connectivity index (χ3v) is 3.59. The van der Waals surface area contributed by atoms with Crippen LogP contribution in [0.2, 0.25) is 0 Å². The molecule has 0 saturated carbocycles. The van der Waals surface area contributed by atoms with Gasteiger partial charge < -0.3 is 5.11 Å². The molecule has 0 amide bonds. The monoisotopic (exact) mass is 423 g/mol. The zero-order valence-corrected chi connectivity index (χ0v) is 13.8. The molecule has 0 aliphatic heterocycles. The number of hydrogen-bond acceptors (Lipinski definition) is 3. The molecular formula is C15H13F3INO2. The Balaban J connectivity index is 2.53. The molecular weight excluding hydrogens is 410 g/mol. The van der Waals surface area contributed by atoms with E-state index in [2.05, 4.69) is 22.6 Å². The van der Waals surface area contributed by atoms with Crippen molar-refractivity contribution in [3.8, 4) is 0 Å². The van der Waals surface area contributed by atoms with Crippen LogP contribution in [-0.2, 0) is 4.84 Å². The van der Waals surface area contributed by atoms with Crippen LogP contribution in [0.1, 0.15) is 5.56 Å². The van der Waals surface area contributed by atoms with E-state index in [-0.39, 0.29) is 18.9 Å². The Labute approximate surface area is 139 Å². The van der Waals surface area contributed by atoms with Gasteiger partial charge in [0.25, 0.3) is 0 Å². The van der Waals surface area contributed by atoms with Crippen molar-refractivity contribution in [2.75, 3.05) is 18.3 Å². The van der Waals surface area contributed by atoms with Crippen molar-refractivity contribution in [3.05, 3.63) is 56.9 Å². The lowest BCUT2D eigenvalue weighted by Crippen LogP contribution is -2.22. The normalized spacial score (nSPS) is 10.8. The number of rotatable bonds is 5. The van der Waals surface area contributed by atoms with E-state index in [1.807, 2.05) is 6.07 Å². The van der Waals surface area contributed by atoms with Crippen molar-refractivity contribution >= 4 is 34.0 Å². The summed E-state index contributed by atoms with van der Waals surface area (Å²) in [6, 6.07) is 7.20. The highest BCUT2D eigenvalue weighted by molar-refractivity contribution is 14.1. The minimum absolute atomic E-state index is 0.121. The highest BCUT2D eigenvalue weighted by Gasteiger charge is 2.21. The maximum absolute atomic E-state index is 14.0. The van der Waals surface area contributed by atoms with Gasteiger partial charge >= 0.3 is 0 Å². The molecule has 0 bridgehead atoms. The number of benzene rings is 2. The van der Waals surface area contributed by atoms with Crippen LogP contribution in [0.3, 0.4) is 0 Å². The quantitative estimate of drug-likeness (QED) is 0.447. The van der Waals surface area contributed by atoms with Crippen LogP contribution in [-0.4, -0.2) is 18.3 Å². The molecule has 22 heavy (non-hydrogen) atoms. The number of anilines is 2. The fraction of sp³-hybridized carbons (Fsp3) is 0.200. The molecule has 0 unspecified atom stereocenters. The summed E-state index contributed by atoms with van der Waals surface area (Å²) in [7, 11) is 0. The van der Waals surface area contributed by atoms with Crippen molar-refractivity contribution in [1.29, 1.82) is 0 Å². The van der Waals surface area contributed by atoms with Gasteiger partial charge in [0, 0.05) is 3.57 Å². The van der Waals surface area contributed by atoms with Gasteiger partial charge in [0.15, 0.2) is 17.5 Å². The molecule has 3 nitrogen and oxygen atoms in total. The summed E-state index contributed by atoms with van der Waals surface area (Å²) < 4.78 is 41.6. The Morgan fingerprint density at radius 1 is 1.09 bits per heavy atom. The van der Waals surface area contributed by atoms with Crippen molar-refractivity contribution < 1.29 is 23.1 Å². The summed E-state index contributed by atoms with van der Waals surface area (Å²) in [6.45, 7) is 1.36. The highest BCUT2D eigenvalue weighted by atomic mass is 127. The average molecular weight is 423 g/mol. The summed E-state index contributed by atoms with van der Waals surface area (Å²) in [5.74, 6) is -4.20. The lowest BCUT2D eigenvalue weighted by atomic mass is 10.2. The molecule has 0 radical (unpaired) electrons. The van der Waals surface area contributed by atoms with Crippen LogP contribution in [0.15, 0.2) is 30.3 Å². The van der Waals surface area contributed by atoms with Crippen LogP contribution in [0.5, 0.6) is 0 Å². The van der Waals surface area contributed by atoms with Gasteiger partial charge in [-0.1, -0.05) is 0 Å². The fourth-order valence-corrected chi connectivity index (χ4v) is 2.57. The van der Waals surface area contributed by atoms with Gasteiger partial charge in [0.1, 0.15) is 5.69 Å². The lowest BCUT2D eigenvalue weighted by Gasteiger charge is -2.26. The zero-order chi connectivity index (χ0) is 16.3. The van der Waals surface area contributed by atoms with E-state index in [0.29, 0.717) is 5.69 Å². The number of hydrogen-bond donors (Lipinski definition) is 1. The standard InChI is InChI=1S/C15H13F3INO2/c1-9-8-10(19)2-4-12(9)20(22-7-6-21)13-5-3-11(16)14(17)15(13)18/h2-5,8,21H,6-7H2,1H3. The molecule has 2 aromatic carbocycles. The molecule has 0 heterocycles. The second-order valence-corrected chi connectivity index (χ2v) is 5.72. The molecule has 0 spiro atoms. The molecule has 0 aromatic heterocycles. The highest BCUT2D eigenvalue weighted by Crippen LogP contribution is 2.33. The molecule has 2 rings (SSSR count). The van der Waals surface area contributed by atoms with Gasteiger partial charge in [0.2, 0.25) is 0 Å². The van der Waals surface area contributed by atoms with Crippen molar-refractivity contribution in [1.82, 2.24) is 0 Å². The Morgan fingerprint density at radius 3 is 2.41 bits per heavy atom. The van der Waals surface area contributed by atoms with Gasteiger partial charge in [0.05, 0.1) is 18.9 Å². The second-order valence-electron chi connectivity index (χ2n) is 4.48. The number of aliphatic hydroxyl groups is 1. The van der Waals surface area contributed by atoms with Crippen LogP contribution >= 0.6 is 22.6 Å². The molecule has 0 fully saturated rings. The summed E-state index contributed by atoms with van der Waals surface area (Å²) in [5.41, 5.74) is 0.962. The van der Waals surface area contributed by atoms with Crippen molar-refractivity contribution in [3.63, 3.8) is 0 Å². The van der Waals surface area contributed by atoms with Crippen LogP contribution < -0.4 is 5.06 Å². The summed E-state index contributed by atoms with van der Waals surface area (Å²) in [4.78, 5) is 5.31. The van der Waals surface area contributed by atoms with Crippen molar-refractivity contribution in [2.45, 2.75) is 6.92 Å². The van der Waals surface area contributed by atoms with Crippen LogP contribution in [0, 0.1) is 27.9 Å². The molecule has 0 atom stereocenters. The Hall–Kier alpha value is -1.32. The van der Waals surface area contributed by atoms with Gasteiger partial charge in [-0.25, -0.2) is 18.2 Å². The third-order valence-electron chi connectivity index (χ3n) is 2.92. The molecule has 7 heteroatoms. The molecule has 2 aromatic rings. The van der Waals surface area contributed by atoms with Gasteiger partial charge in [-0.3, -0.25) is 4.84 Å². The first-order valence-corrected chi connectivity index (χ1v) is 7.47. The Kier molecular flexibility index (Phi) is 5.65.